The number of urea groups is 1. The van der Waals surface area contributed by atoms with Crippen LogP contribution in [0, 0.1) is 6.92 Å². The third-order valence-electron chi connectivity index (χ3n) is 4.33. The summed E-state index contributed by atoms with van der Waals surface area (Å²) < 4.78 is 27.1. The van der Waals surface area contributed by atoms with Crippen molar-refractivity contribution in [3.63, 3.8) is 0 Å². The lowest BCUT2D eigenvalue weighted by molar-refractivity contribution is 0.228. The third-order valence-corrected chi connectivity index (χ3v) is 6.25. The van der Waals surface area contributed by atoms with Crippen molar-refractivity contribution in [3.05, 3.63) is 59.9 Å². The fraction of sp³-hybridized carbons (Fsp3) is 0.333. The lowest BCUT2D eigenvalue weighted by Crippen LogP contribution is -2.49. The van der Waals surface area contributed by atoms with E-state index in [-0.39, 0.29) is 4.90 Å². The molecule has 1 aliphatic rings. The van der Waals surface area contributed by atoms with Crippen LogP contribution >= 0.6 is 0 Å². The predicted octanol–water partition coefficient (Wildman–Crippen LogP) is 2.00. The SMILES string of the molecule is Cc1ccc(S(=O)(=O)N2CCCC2NC(=O)NCc2ccncc2)cc1. The Morgan fingerprint density at radius 1 is 1.19 bits per heavy atom. The molecule has 26 heavy (non-hydrogen) atoms. The first-order valence-corrected chi connectivity index (χ1v) is 9.92. The summed E-state index contributed by atoms with van der Waals surface area (Å²) in [7, 11) is -3.63. The van der Waals surface area contributed by atoms with Crippen LogP contribution in [-0.2, 0) is 16.6 Å². The molecule has 1 aromatic heterocycles. The van der Waals surface area contributed by atoms with E-state index in [9.17, 15) is 13.2 Å². The average molecular weight is 374 g/mol. The van der Waals surface area contributed by atoms with Gasteiger partial charge in [0.15, 0.2) is 0 Å². The molecule has 0 bridgehead atoms. The molecule has 1 unspecified atom stereocenters. The summed E-state index contributed by atoms with van der Waals surface area (Å²) in [6.07, 6.45) is 4.07. The molecule has 0 saturated carbocycles. The monoisotopic (exact) mass is 374 g/mol. The number of carbonyl (C=O) groups is 1. The zero-order valence-corrected chi connectivity index (χ0v) is 15.4. The molecule has 1 aromatic carbocycles. The van der Waals surface area contributed by atoms with Gasteiger partial charge in [0.2, 0.25) is 10.0 Å². The number of carbonyl (C=O) groups excluding carboxylic acids is 1. The highest BCUT2D eigenvalue weighted by Gasteiger charge is 2.36. The Balaban J connectivity index is 1.64. The van der Waals surface area contributed by atoms with Gasteiger partial charge in [-0.2, -0.15) is 4.31 Å². The minimum atomic E-state index is -3.63. The molecular weight excluding hydrogens is 352 g/mol. The van der Waals surface area contributed by atoms with E-state index < -0.39 is 22.2 Å². The highest BCUT2D eigenvalue weighted by atomic mass is 32.2. The molecule has 0 aliphatic carbocycles. The van der Waals surface area contributed by atoms with E-state index in [1.165, 1.54) is 4.31 Å². The molecule has 1 aliphatic heterocycles. The van der Waals surface area contributed by atoms with Crippen molar-refractivity contribution in [1.29, 1.82) is 0 Å². The largest absolute Gasteiger partial charge is 0.334 e. The summed E-state index contributed by atoms with van der Waals surface area (Å²) in [5.41, 5.74) is 1.92. The van der Waals surface area contributed by atoms with E-state index in [0.29, 0.717) is 25.9 Å². The summed E-state index contributed by atoms with van der Waals surface area (Å²) in [6, 6.07) is 9.97. The number of amides is 2. The van der Waals surface area contributed by atoms with Crippen LogP contribution in [0.25, 0.3) is 0 Å². The summed E-state index contributed by atoms with van der Waals surface area (Å²) in [5.74, 6) is 0. The van der Waals surface area contributed by atoms with Gasteiger partial charge in [0.1, 0.15) is 0 Å². The summed E-state index contributed by atoms with van der Waals surface area (Å²) in [5, 5.41) is 5.51. The number of aromatic nitrogens is 1. The van der Waals surface area contributed by atoms with Gasteiger partial charge in [0.25, 0.3) is 0 Å². The van der Waals surface area contributed by atoms with E-state index in [2.05, 4.69) is 15.6 Å². The Morgan fingerprint density at radius 3 is 2.58 bits per heavy atom. The van der Waals surface area contributed by atoms with Crippen LogP contribution in [0.4, 0.5) is 4.79 Å². The zero-order valence-electron chi connectivity index (χ0n) is 14.6. The molecular formula is C18H22N4O3S. The third kappa shape index (κ3) is 4.20. The van der Waals surface area contributed by atoms with Crippen LogP contribution in [0.1, 0.15) is 24.0 Å². The van der Waals surface area contributed by atoms with Gasteiger partial charge < -0.3 is 10.6 Å². The smallest absolute Gasteiger partial charge is 0.316 e. The maximum Gasteiger partial charge on any atom is 0.316 e. The highest BCUT2D eigenvalue weighted by molar-refractivity contribution is 7.89. The zero-order chi connectivity index (χ0) is 18.6. The Morgan fingerprint density at radius 2 is 1.88 bits per heavy atom. The Hall–Kier alpha value is -2.45. The van der Waals surface area contributed by atoms with Gasteiger partial charge in [-0.15, -0.1) is 0 Å². The number of nitrogens with one attached hydrogen (secondary N) is 2. The van der Waals surface area contributed by atoms with Gasteiger partial charge >= 0.3 is 6.03 Å². The highest BCUT2D eigenvalue weighted by Crippen LogP contribution is 2.24. The van der Waals surface area contributed by atoms with Crippen LogP contribution in [0.15, 0.2) is 53.7 Å². The van der Waals surface area contributed by atoms with E-state index in [0.717, 1.165) is 11.1 Å². The van der Waals surface area contributed by atoms with Crippen LogP contribution < -0.4 is 10.6 Å². The normalized spacial score (nSPS) is 17.8. The van der Waals surface area contributed by atoms with Crippen LogP contribution in [0.3, 0.4) is 0 Å². The summed E-state index contributed by atoms with van der Waals surface area (Å²) in [4.78, 5) is 16.3. The van der Waals surface area contributed by atoms with E-state index in [4.69, 9.17) is 0 Å². The van der Waals surface area contributed by atoms with Gasteiger partial charge in [-0.1, -0.05) is 17.7 Å². The summed E-state index contributed by atoms with van der Waals surface area (Å²) >= 11 is 0. The van der Waals surface area contributed by atoms with E-state index in [1.807, 2.05) is 19.1 Å². The fourth-order valence-corrected chi connectivity index (χ4v) is 4.52. The Labute approximate surface area is 153 Å². The fourth-order valence-electron chi connectivity index (χ4n) is 2.90. The predicted molar refractivity (Wildman–Crippen MR) is 97.7 cm³/mol. The number of benzene rings is 1. The minimum absolute atomic E-state index is 0.244. The van der Waals surface area contributed by atoms with Crippen molar-refractivity contribution < 1.29 is 13.2 Å². The van der Waals surface area contributed by atoms with Gasteiger partial charge in [0.05, 0.1) is 11.1 Å². The Bertz CT molecular complexity index is 854. The number of rotatable bonds is 5. The molecule has 8 heteroatoms. The minimum Gasteiger partial charge on any atom is -0.334 e. The first kappa shape index (κ1) is 18.3. The number of nitrogens with zero attached hydrogens (tertiary/aromatic N) is 2. The number of aryl methyl sites for hydroxylation is 1. The number of sulfonamides is 1. The van der Waals surface area contributed by atoms with Crippen molar-refractivity contribution in [2.45, 2.75) is 37.4 Å². The first-order chi connectivity index (χ1) is 12.5. The first-order valence-electron chi connectivity index (χ1n) is 8.48. The van der Waals surface area contributed by atoms with Crippen molar-refractivity contribution in [1.82, 2.24) is 19.9 Å². The number of pyridine rings is 1. The second-order valence-electron chi connectivity index (χ2n) is 6.27. The van der Waals surface area contributed by atoms with Crippen molar-refractivity contribution in [2.24, 2.45) is 0 Å². The Kier molecular flexibility index (Phi) is 5.53. The van der Waals surface area contributed by atoms with Gasteiger partial charge in [0, 0.05) is 25.5 Å². The molecule has 2 aromatic rings. The van der Waals surface area contributed by atoms with Gasteiger partial charge in [-0.25, -0.2) is 13.2 Å². The topological polar surface area (TPSA) is 91.4 Å². The number of hydrogen-bond acceptors (Lipinski definition) is 4. The van der Waals surface area contributed by atoms with Crippen LogP contribution in [0.2, 0.25) is 0 Å². The second-order valence-corrected chi connectivity index (χ2v) is 8.16. The molecule has 1 atom stereocenters. The van der Waals surface area contributed by atoms with Crippen molar-refractivity contribution in [3.8, 4) is 0 Å². The molecule has 3 rings (SSSR count). The van der Waals surface area contributed by atoms with Crippen molar-refractivity contribution >= 4 is 16.1 Å². The lowest BCUT2D eigenvalue weighted by atomic mass is 10.2. The molecule has 0 spiro atoms. The molecule has 7 nitrogen and oxygen atoms in total. The molecule has 2 N–H and O–H groups in total. The van der Waals surface area contributed by atoms with E-state index >= 15 is 0 Å². The second kappa shape index (κ2) is 7.84. The van der Waals surface area contributed by atoms with Crippen LogP contribution in [0.5, 0.6) is 0 Å². The molecule has 1 saturated heterocycles. The molecule has 138 valence electrons. The maximum atomic E-state index is 12.9. The van der Waals surface area contributed by atoms with Crippen molar-refractivity contribution in [2.75, 3.05) is 6.54 Å². The van der Waals surface area contributed by atoms with Gasteiger partial charge in [-0.05, 0) is 49.6 Å². The lowest BCUT2D eigenvalue weighted by Gasteiger charge is -2.25. The van der Waals surface area contributed by atoms with Gasteiger partial charge in [-0.3, -0.25) is 4.98 Å². The van der Waals surface area contributed by atoms with Crippen LogP contribution in [-0.4, -0.2) is 36.4 Å². The maximum absolute atomic E-state index is 12.9. The number of hydrogen-bond donors (Lipinski definition) is 2. The summed E-state index contributed by atoms with van der Waals surface area (Å²) in [6.45, 7) is 2.65. The molecule has 2 heterocycles. The molecule has 1 fully saturated rings. The van der Waals surface area contributed by atoms with E-state index in [1.54, 1.807) is 36.7 Å². The molecule has 0 radical (unpaired) electrons. The quantitative estimate of drug-likeness (QED) is 0.837. The molecule has 2 amide bonds. The average Bonchev–Trinajstić information content (AvgIpc) is 3.10. The standard InChI is InChI=1S/C18H22N4O3S/c1-14-4-6-16(7-5-14)26(24,25)22-12-2-3-17(22)21-18(23)20-13-15-8-10-19-11-9-15/h4-11,17H,2-3,12-13H2,1H3,(H2,20,21,23).